The van der Waals surface area contributed by atoms with Gasteiger partial charge in [0.2, 0.25) is 10.0 Å². The van der Waals surface area contributed by atoms with Crippen molar-refractivity contribution < 1.29 is 13.2 Å². The van der Waals surface area contributed by atoms with Gasteiger partial charge in [0.05, 0.1) is 9.77 Å². The van der Waals surface area contributed by atoms with Gasteiger partial charge in [0.25, 0.3) is 5.91 Å². The van der Waals surface area contributed by atoms with Crippen LogP contribution in [0.1, 0.15) is 40.9 Å². The predicted octanol–water partition coefficient (Wildman–Crippen LogP) is 3.87. The molecule has 25 heavy (non-hydrogen) atoms. The fourth-order valence-corrected chi connectivity index (χ4v) is 5.57. The molecule has 0 radical (unpaired) electrons. The number of aryl methyl sites for hydroxylation is 1. The smallest absolute Gasteiger partial charge is 0.265 e. The SMILES string of the molecule is Cc1ccccc1NC(=O)c1cc(S(=O)(=O)N2CCCCCC2)cs1. The Morgan fingerprint density at radius 3 is 2.48 bits per heavy atom. The number of para-hydroxylation sites is 1. The zero-order valence-electron chi connectivity index (χ0n) is 14.2. The molecule has 2 heterocycles. The van der Waals surface area contributed by atoms with E-state index >= 15 is 0 Å². The molecule has 0 bridgehead atoms. The van der Waals surface area contributed by atoms with E-state index in [1.165, 1.54) is 6.07 Å². The van der Waals surface area contributed by atoms with E-state index in [1.54, 1.807) is 9.69 Å². The van der Waals surface area contributed by atoms with E-state index in [1.807, 2.05) is 31.2 Å². The molecule has 134 valence electrons. The third kappa shape index (κ3) is 4.11. The Kier molecular flexibility index (Phi) is 5.56. The maximum atomic E-state index is 12.8. The molecule has 0 unspecified atom stereocenters. The molecule has 1 N–H and O–H groups in total. The molecule has 5 nitrogen and oxygen atoms in total. The number of carbonyl (C=O) groups is 1. The Balaban J connectivity index is 1.77. The molecular weight excluding hydrogens is 356 g/mol. The molecule has 1 fully saturated rings. The van der Waals surface area contributed by atoms with Gasteiger partial charge in [-0.25, -0.2) is 8.42 Å². The van der Waals surface area contributed by atoms with Crippen molar-refractivity contribution in [1.29, 1.82) is 0 Å². The molecule has 0 spiro atoms. The van der Waals surface area contributed by atoms with Crippen LogP contribution in [0.4, 0.5) is 5.69 Å². The van der Waals surface area contributed by atoms with Crippen molar-refractivity contribution in [3.05, 3.63) is 46.2 Å². The van der Waals surface area contributed by atoms with Crippen LogP contribution in [0.2, 0.25) is 0 Å². The Morgan fingerprint density at radius 2 is 1.80 bits per heavy atom. The summed E-state index contributed by atoms with van der Waals surface area (Å²) >= 11 is 1.16. The first-order valence-corrected chi connectivity index (χ1v) is 10.8. The Labute approximate surface area is 152 Å². The van der Waals surface area contributed by atoms with Crippen molar-refractivity contribution in [2.24, 2.45) is 0 Å². The first-order valence-electron chi connectivity index (χ1n) is 8.44. The van der Waals surface area contributed by atoms with E-state index in [0.717, 1.165) is 48.3 Å². The molecule has 7 heteroatoms. The van der Waals surface area contributed by atoms with Crippen molar-refractivity contribution in [2.45, 2.75) is 37.5 Å². The van der Waals surface area contributed by atoms with E-state index < -0.39 is 10.0 Å². The van der Waals surface area contributed by atoms with Crippen LogP contribution in [0.15, 0.2) is 40.6 Å². The maximum Gasteiger partial charge on any atom is 0.265 e. The largest absolute Gasteiger partial charge is 0.321 e. The van der Waals surface area contributed by atoms with Crippen LogP contribution in [-0.2, 0) is 10.0 Å². The Morgan fingerprint density at radius 1 is 1.12 bits per heavy atom. The molecule has 1 aliphatic rings. The molecular formula is C18H22N2O3S2. The summed E-state index contributed by atoms with van der Waals surface area (Å²) in [4.78, 5) is 13.0. The molecule has 1 aliphatic heterocycles. The lowest BCUT2D eigenvalue weighted by atomic mass is 10.2. The van der Waals surface area contributed by atoms with Gasteiger partial charge in [0.15, 0.2) is 0 Å². The van der Waals surface area contributed by atoms with Crippen LogP contribution in [0, 0.1) is 6.92 Å². The highest BCUT2D eigenvalue weighted by molar-refractivity contribution is 7.89. The van der Waals surface area contributed by atoms with Crippen LogP contribution in [0.3, 0.4) is 0 Å². The van der Waals surface area contributed by atoms with Gasteiger partial charge in [0.1, 0.15) is 0 Å². The molecule has 1 aromatic carbocycles. The quantitative estimate of drug-likeness (QED) is 0.878. The highest BCUT2D eigenvalue weighted by Gasteiger charge is 2.27. The van der Waals surface area contributed by atoms with E-state index in [2.05, 4.69) is 5.32 Å². The monoisotopic (exact) mass is 378 g/mol. The van der Waals surface area contributed by atoms with Gasteiger partial charge in [-0.2, -0.15) is 4.31 Å². The van der Waals surface area contributed by atoms with Crippen molar-refractivity contribution in [3.8, 4) is 0 Å². The van der Waals surface area contributed by atoms with Crippen molar-refractivity contribution in [3.63, 3.8) is 0 Å². The average Bonchev–Trinajstić information content (AvgIpc) is 2.93. The van der Waals surface area contributed by atoms with Gasteiger partial charge in [-0.05, 0) is 37.5 Å². The number of anilines is 1. The zero-order valence-corrected chi connectivity index (χ0v) is 15.8. The van der Waals surface area contributed by atoms with Crippen molar-refractivity contribution in [2.75, 3.05) is 18.4 Å². The van der Waals surface area contributed by atoms with Gasteiger partial charge in [-0.15, -0.1) is 11.3 Å². The number of sulfonamides is 1. The van der Waals surface area contributed by atoms with E-state index in [4.69, 9.17) is 0 Å². The van der Waals surface area contributed by atoms with Crippen LogP contribution in [0.25, 0.3) is 0 Å². The van der Waals surface area contributed by atoms with E-state index in [9.17, 15) is 13.2 Å². The predicted molar refractivity (Wildman–Crippen MR) is 101 cm³/mol. The second kappa shape index (κ2) is 7.68. The molecule has 3 rings (SSSR count). The third-order valence-corrected chi connectivity index (χ3v) is 7.35. The average molecular weight is 379 g/mol. The minimum Gasteiger partial charge on any atom is -0.321 e. The van der Waals surface area contributed by atoms with E-state index in [-0.39, 0.29) is 10.8 Å². The number of hydrogen-bond acceptors (Lipinski definition) is 4. The number of thiophene rings is 1. The standard InChI is InChI=1S/C18H22N2O3S2/c1-14-8-4-5-9-16(14)19-18(21)17-12-15(13-24-17)25(22,23)20-10-6-2-3-7-11-20/h4-5,8-9,12-13H,2-3,6-7,10-11H2,1H3,(H,19,21). The van der Waals surface area contributed by atoms with Crippen LogP contribution >= 0.6 is 11.3 Å². The fourth-order valence-electron chi connectivity index (χ4n) is 2.90. The molecule has 0 saturated carbocycles. The second-order valence-electron chi connectivity index (χ2n) is 6.23. The number of nitrogens with zero attached hydrogens (tertiary/aromatic N) is 1. The lowest BCUT2D eigenvalue weighted by Gasteiger charge is -2.18. The van der Waals surface area contributed by atoms with Crippen molar-refractivity contribution >= 4 is 33.0 Å². The molecule has 1 amide bonds. The van der Waals surface area contributed by atoms with Gasteiger partial charge in [-0.3, -0.25) is 4.79 Å². The minimum atomic E-state index is -3.52. The molecule has 0 aliphatic carbocycles. The number of rotatable bonds is 4. The number of nitrogens with one attached hydrogen (secondary N) is 1. The summed E-state index contributed by atoms with van der Waals surface area (Å²) in [5.41, 5.74) is 1.70. The Bertz CT molecular complexity index is 851. The second-order valence-corrected chi connectivity index (χ2v) is 9.08. The summed E-state index contributed by atoms with van der Waals surface area (Å²) in [5, 5.41) is 4.41. The molecule has 2 aromatic rings. The highest BCUT2D eigenvalue weighted by Crippen LogP contribution is 2.26. The Hall–Kier alpha value is -1.70. The number of carbonyl (C=O) groups excluding carboxylic acids is 1. The fraction of sp³-hybridized carbons (Fsp3) is 0.389. The van der Waals surface area contributed by atoms with Gasteiger partial charge in [-0.1, -0.05) is 31.0 Å². The van der Waals surface area contributed by atoms with Crippen molar-refractivity contribution in [1.82, 2.24) is 4.31 Å². The highest BCUT2D eigenvalue weighted by atomic mass is 32.2. The summed E-state index contributed by atoms with van der Waals surface area (Å²) in [6.45, 7) is 3.03. The van der Waals surface area contributed by atoms with Gasteiger partial charge in [0, 0.05) is 24.2 Å². The molecule has 1 saturated heterocycles. The topological polar surface area (TPSA) is 66.5 Å². The summed E-state index contributed by atoms with van der Waals surface area (Å²) in [5.74, 6) is -0.281. The van der Waals surface area contributed by atoms with E-state index in [0.29, 0.717) is 18.0 Å². The summed E-state index contributed by atoms with van der Waals surface area (Å²) in [6.07, 6.45) is 3.92. The van der Waals surface area contributed by atoms with Crippen LogP contribution in [0.5, 0.6) is 0 Å². The third-order valence-electron chi connectivity index (χ3n) is 4.40. The summed E-state index contributed by atoms with van der Waals surface area (Å²) in [6, 6.07) is 8.99. The lowest BCUT2D eigenvalue weighted by Crippen LogP contribution is -2.31. The van der Waals surface area contributed by atoms with Crippen LogP contribution < -0.4 is 5.32 Å². The zero-order chi connectivity index (χ0) is 17.9. The minimum absolute atomic E-state index is 0.217. The normalized spacial score (nSPS) is 16.4. The first kappa shape index (κ1) is 18.1. The number of hydrogen-bond donors (Lipinski definition) is 1. The maximum absolute atomic E-state index is 12.8. The van der Waals surface area contributed by atoms with Crippen LogP contribution in [-0.4, -0.2) is 31.7 Å². The number of amides is 1. The lowest BCUT2D eigenvalue weighted by molar-refractivity contribution is 0.103. The number of benzene rings is 1. The molecule has 1 aromatic heterocycles. The summed E-state index contributed by atoms with van der Waals surface area (Å²) in [7, 11) is -3.52. The summed E-state index contributed by atoms with van der Waals surface area (Å²) < 4.78 is 27.1. The van der Waals surface area contributed by atoms with Gasteiger partial charge < -0.3 is 5.32 Å². The van der Waals surface area contributed by atoms with Gasteiger partial charge >= 0.3 is 0 Å². The molecule has 0 atom stereocenters. The first-order chi connectivity index (χ1) is 12.0.